The summed E-state index contributed by atoms with van der Waals surface area (Å²) in [6.45, 7) is 0.629. The largest absolute Gasteiger partial charge is 0.344 e. The molecule has 1 atom stereocenters. The van der Waals surface area contributed by atoms with Crippen molar-refractivity contribution >= 4 is 15.9 Å². The summed E-state index contributed by atoms with van der Waals surface area (Å²) in [7, 11) is 1.61. The molecule has 2 N–H and O–H groups in total. The molecule has 7 heteroatoms. The van der Waals surface area contributed by atoms with E-state index in [-0.39, 0.29) is 16.8 Å². The number of nitrogens with one attached hydrogen (secondary N) is 2. The van der Waals surface area contributed by atoms with Crippen LogP contribution in [0.2, 0.25) is 0 Å². The van der Waals surface area contributed by atoms with Gasteiger partial charge in [0.1, 0.15) is 0 Å². The predicted molar refractivity (Wildman–Crippen MR) is 97.9 cm³/mol. The minimum absolute atomic E-state index is 0.0616. The third kappa shape index (κ3) is 5.12. The Morgan fingerprint density at radius 2 is 1.76 bits per heavy atom. The molecule has 0 aliphatic heterocycles. The molecule has 6 nitrogen and oxygen atoms in total. The first-order chi connectivity index (χ1) is 11.8. The fraction of sp³-hybridized carbons (Fsp3) is 0.278. The highest BCUT2D eigenvalue weighted by Gasteiger charge is 2.18. The highest BCUT2D eigenvalue weighted by Crippen LogP contribution is 2.16. The molecule has 0 saturated heterocycles. The van der Waals surface area contributed by atoms with Crippen molar-refractivity contribution < 1.29 is 13.2 Å². The lowest BCUT2D eigenvalue weighted by molar-refractivity contribution is 0.0929. The summed E-state index contributed by atoms with van der Waals surface area (Å²) in [5, 5.41) is 2.98. The number of hydrogen-bond acceptors (Lipinski definition) is 4. The summed E-state index contributed by atoms with van der Waals surface area (Å²) in [6, 6.07) is 15.5. The van der Waals surface area contributed by atoms with Crippen LogP contribution in [0, 0.1) is 0 Å². The standard InChI is InChI=1S/C18H23N3O3S/c1-19-25(23,24)16-11-7-10-15(12-16)18(22)20-17(13-21(2)3)14-8-5-4-6-9-14/h4-12,17,19H,13H2,1-3H3,(H,20,22). The van der Waals surface area contributed by atoms with Crippen LogP contribution in [-0.4, -0.2) is 46.9 Å². The van der Waals surface area contributed by atoms with E-state index in [1.54, 1.807) is 12.1 Å². The second-order valence-electron chi connectivity index (χ2n) is 5.93. The summed E-state index contributed by atoms with van der Waals surface area (Å²) in [6.07, 6.45) is 0. The molecule has 0 aliphatic carbocycles. The van der Waals surface area contributed by atoms with Crippen LogP contribution in [0.3, 0.4) is 0 Å². The molecule has 2 aromatic carbocycles. The molecule has 0 spiro atoms. The van der Waals surface area contributed by atoms with Crippen LogP contribution >= 0.6 is 0 Å². The molecule has 2 rings (SSSR count). The molecule has 0 radical (unpaired) electrons. The van der Waals surface area contributed by atoms with E-state index < -0.39 is 10.0 Å². The maximum Gasteiger partial charge on any atom is 0.251 e. The minimum Gasteiger partial charge on any atom is -0.344 e. The second kappa shape index (κ2) is 8.24. The van der Waals surface area contributed by atoms with Gasteiger partial charge >= 0.3 is 0 Å². The lowest BCUT2D eigenvalue weighted by atomic mass is 10.1. The Morgan fingerprint density at radius 1 is 1.08 bits per heavy atom. The topological polar surface area (TPSA) is 78.5 Å². The SMILES string of the molecule is CNS(=O)(=O)c1cccc(C(=O)NC(CN(C)C)c2ccccc2)c1. The van der Waals surface area contributed by atoms with Gasteiger partial charge in [-0.05, 0) is 44.9 Å². The maximum atomic E-state index is 12.6. The first-order valence-electron chi connectivity index (χ1n) is 7.87. The third-order valence-electron chi connectivity index (χ3n) is 3.73. The zero-order valence-corrected chi connectivity index (χ0v) is 15.4. The van der Waals surface area contributed by atoms with E-state index in [1.165, 1.54) is 19.2 Å². The number of hydrogen-bond donors (Lipinski definition) is 2. The first kappa shape index (κ1) is 19.1. The Balaban J connectivity index is 2.25. The Labute approximate surface area is 148 Å². The van der Waals surface area contributed by atoms with E-state index in [2.05, 4.69) is 10.0 Å². The zero-order chi connectivity index (χ0) is 18.4. The van der Waals surface area contributed by atoms with Gasteiger partial charge in [0.2, 0.25) is 10.0 Å². The molecule has 0 aliphatic rings. The highest BCUT2D eigenvalue weighted by atomic mass is 32.2. The van der Waals surface area contributed by atoms with Crippen molar-refractivity contribution in [2.45, 2.75) is 10.9 Å². The Morgan fingerprint density at radius 3 is 2.36 bits per heavy atom. The molecular formula is C18H23N3O3S. The number of carbonyl (C=O) groups excluding carboxylic acids is 1. The van der Waals surface area contributed by atoms with Gasteiger partial charge in [0.25, 0.3) is 5.91 Å². The smallest absolute Gasteiger partial charge is 0.251 e. The number of amides is 1. The molecule has 134 valence electrons. The molecule has 0 saturated carbocycles. The average Bonchev–Trinajstić information content (AvgIpc) is 2.61. The van der Waals surface area contributed by atoms with Gasteiger partial charge < -0.3 is 10.2 Å². The summed E-state index contributed by atoms with van der Waals surface area (Å²) < 4.78 is 26.1. The van der Waals surface area contributed by atoms with Crippen molar-refractivity contribution in [3.63, 3.8) is 0 Å². The normalized spacial score (nSPS) is 12.8. The van der Waals surface area contributed by atoms with E-state index >= 15 is 0 Å². The molecule has 1 amide bonds. The number of likely N-dealkylation sites (N-methyl/N-ethyl adjacent to an activating group) is 1. The maximum absolute atomic E-state index is 12.6. The van der Waals surface area contributed by atoms with Crippen molar-refractivity contribution in [1.82, 2.24) is 14.9 Å². The van der Waals surface area contributed by atoms with Gasteiger partial charge in [0, 0.05) is 12.1 Å². The molecule has 0 fully saturated rings. The van der Waals surface area contributed by atoms with Crippen LogP contribution in [-0.2, 0) is 10.0 Å². The summed E-state index contributed by atoms with van der Waals surface area (Å²) in [4.78, 5) is 14.7. The van der Waals surface area contributed by atoms with E-state index in [4.69, 9.17) is 0 Å². The van der Waals surface area contributed by atoms with E-state index in [9.17, 15) is 13.2 Å². The van der Waals surface area contributed by atoms with Crippen molar-refractivity contribution in [3.8, 4) is 0 Å². The molecule has 0 bridgehead atoms. The zero-order valence-electron chi connectivity index (χ0n) is 14.6. The van der Waals surface area contributed by atoms with Crippen LogP contribution in [0.5, 0.6) is 0 Å². The minimum atomic E-state index is -3.59. The van der Waals surface area contributed by atoms with E-state index in [0.29, 0.717) is 12.1 Å². The van der Waals surface area contributed by atoms with Crippen LogP contribution in [0.15, 0.2) is 59.5 Å². The van der Waals surface area contributed by atoms with Gasteiger partial charge in [-0.15, -0.1) is 0 Å². The van der Waals surface area contributed by atoms with E-state index in [1.807, 2.05) is 49.3 Å². The lowest BCUT2D eigenvalue weighted by Gasteiger charge is -2.23. The molecular weight excluding hydrogens is 338 g/mol. The van der Waals surface area contributed by atoms with Crippen molar-refractivity contribution in [1.29, 1.82) is 0 Å². The highest BCUT2D eigenvalue weighted by molar-refractivity contribution is 7.89. The quantitative estimate of drug-likeness (QED) is 0.786. The number of benzene rings is 2. The Bertz CT molecular complexity index is 820. The number of carbonyl (C=O) groups is 1. The van der Waals surface area contributed by atoms with E-state index in [0.717, 1.165) is 5.56 Å². The average molecular weight is 361 g/mol. The molecule has 1 unspecified atom stereocenters. The van der Waals surface area contributed by atoms with Crippen LogP contribution in [0.25, 0.3) is 0 Å². The summed E-state index contributed by atoms with van der Waals surface area (Å²) in [5.74, 6) is -0.316. The second-order valence-corrected chi connectivity index (χ2v) is 7.82. The van der Waals surface area contributed by atoms with Gasteiger partial charge in [-0.3, -0.25) is 4.79 Å². The van der Waals surface area contributed by atoms with Crippen molar-refractivity contribution in [3.05, 3.63) is 65.7 Å². The first-order valence-corrected chi connectivity index (χ1v) is 9.36. The van der Waals surface area contributed by atoms with Gasteiger partial charge in [-0.1, -0.05) is 36.4 Å². The summed E-state index contributed by atoms with van der Waals surface area (Å²) in [5.41, 5.74) is 1.29. The number of nitrogens with zero attached hydrogens (tertiary/aromatic N) is 1. The van der Waals surface area contributed by atoms with Gasteiger partial charge in [-0.2, -0.15) is 0 Å². The Kier molecular flexibility index (Phi) is 6.30. The fourth-order valence-corrected chi connectivity index (χ4v) is 3.22. The Hall–Kier alpha value is -2.22. The molecule has 0 heterocycles. The van der Waals surface area contributed by atoms with Gasteiger partial charge in [0.15, 0.2) is 0 Å². The van der Waals surface area contributed by atoms with Crippen LogP contribution in [0.4, 0.5) is 0 Å². The monoisotopic (exact) mass is 361 g/mol. The van der Waals surface area contributed by atoms with Gasteiger partial charge in [-0.25, -0.2) is 13.1 Å². The predicted octanol–water partition coefficient (Wildman–Crippen LogP) is 1.63. The lowest BCUT2D eigenvalue weighted by Crippen LogP contribution is -2.35. The fourth-order valence-electron chi connectivity index (χ4n) is 2.45. The van der Waals surface area contributed by atoms with Crippen LogP contribution < -0.4 is 10.0 Å². The van der Waals surface area contributed by atoms with Crippen LogP contribution in [0.1, 0.15) is 22.0 Å². The van der Waals surface area contributed by atoms with Crippen molar-refractivity contribution in [2.75, 3.05) is 27.7 Å². The van der Waals surface area contributed by atoms with Gasteiger partial charge in [0.05, 0.1) is 10.9 Å². The molecule has 0 aromatic heterocycles. The summed E-state index contributed by atoms with van der Waals surface area (Å²) >= 11 is 0. The molecule has 2 aromatic rings. The van der Waals surface area contributed by atoms with Crippen molar-refractivity contribution in [2.24, 2.45) is 0 Å². The molecule has 25 heavy (non-hydrogen) atoms. The number of sulfonamides is 1. The third-order valence-corrected chi connectivity index (χ3v) is 5.14. The number of rotatable bonds is 7.